The molecule has 0 radical (unpaired) electrons. The lowest BCUT2D eigenvalue weighted by atomic mass is 9.91. The molecule has 5 heteroatoms. The number of carbonyl (C=O) groups excluding carboxylic acids is 1. The van der Waals surface area contributed by atoms with E-state index in [0.29, 0.717) is 13.0 Å². The third kappa shape index (κ3) is 5.08. The van der Waals surface area contributed by atoms with Crippen molar-refractivity contribution in [2.45, 2.75) is 45.1 Å². The number of nitrogens with two attached hydrogens (primary N) is 1. The minimum absolute atomic E-state index is 0.00574. The van der Waals surface area contributed by atoms with Crippen molar-refractivity contribution in [2.24, 2.45) is 5.73 Å². The molecule has 0 aromatic carbocycles. The fourth-order valence-corrected chi connectivity index (χ4v) is 3.11. The van der Waals surface area contributed by atoms with Crippen LogP contribution in [0.15, 0.2) is 15.9 Å². The Hall–Kier alpha value is -0.390. The van der Waals surface area contributed by atoms with Gasteiger partial charge < -0.3 is 11.1 Å². The summed E-state index contributed by atoms with van der Waals surface area (Å²) in [7, 11) is 0. The summed E-state index contributed by atoms with van der Waals surface area (Å²) in [5.74, 6) is 0.00574. The summed E-state index contributed by atoms with van der Waals surface area (Å²) in [5.41, 5.74) is 5.30. The molecule has 0 saturated heterocycles. The van der Waals surface area contributed by atoms with E-state index in [4.69, 9.17) is 5.73 Å². The maximum absolute atomic E-state index is 11.7. The summed E-state index contributed by atoms with van der Waals surface area (Å²) in [4.78, 5) is 13.0. The molecule has 1 amide bonds. The molecule has 0 atom stereocenters. The average molecular weight is 333 g/mol. The van der Waals surface area contributed by atoms with Crippen LogP contribution in [0.25, 0.3) is 0 Å². The van der Waals surface area contributed by atoms with Gasteiger partial charge in [-0.25, -0.2) is 0 Å². The number of hydrogen-bond acceptors (Lipinski definition) is 3. The van der Waals surface area contributed by atoms with E-state index in [1.165, 1.54) is 4.88 Å². The molecule has 3 nitrogen and oxygen atoms in total. The van der Waals surface area contributed by atoms with Gasteiger partial charge in [0.15, 0.2) is 0 Å². The van der Waals surface area contributed by atoms with Crippen LogP contribution in [-0.4, -0.2) is 18.0 Å². The van der Waals surface area contributed by atoms with E-state index in [1.807, 2.05) is 13.8 Å². The Labute approximate surface area is 121 Å². The van der Waals surface area contributed by atoms with Crippen LogP contribution in [0.4, 0.5) is 0 Å². The second-order valence-corrected chi connectivity index (χ2v) is 7.78. The largest absolute Gasteiger partial charge is 0.355 e. The van der Waals surface area contributed by atoms with Crippen molar-refractivity contribution in [2.75, 3.05) is 6.54 Å². The van der Waals surface area contributed by atoms with Crippen LogP contribution in [0.3, 0.4) is 0 Å². The van der Waals surface area contributed by atoms with Gasteiger partial charge in [0.2, 0.25) is 5.91 Å². The molecule has 1 rings (SSSR count). The van der Waals surface area contributed by atoms with Gasteiger partial charge in [-0.2, -0.15) is 0 Å². The van der Waals surface area contributed by atoms with E-state index in [-0.39, 0.29) is 11.3 Å². The fraction of sp³-hybridized carbons (Fsp3) is 0.615. The van der Waals surface area contributed by atoms with Gasteiger partial charge in [-0.3, -0.25) is 4.79 Å². The second kappa shape index (κ2) is 5.72. The van der Waals surface area contributed by atoms with Crippen molar-refractivity contribution in [1.82, 2.24) is 5.32 Å². The van der Waals surface area contributed by atoms with Gasteiger partial charge in [-0.05, 0) is 35.8 Å². The van der Waals surface area contributed by atoms with Crippen LogP contribution in [0.1, 0.15) is 39.0 Å². The Morgan fingerprint density at radius 1 is 1.44 bits per heavy atom. The minimum atomic E-state index is -0.458. The van der Waals surface area contributed by atoms with Crippen molar-refractivity contribution in [3.63, 3.8) is 0 Å². The maximum atomic E-state index is 11.7. The van der Waals surface area contributed by atoms with Crippen molar-refractivity contribution in [1.29, 1.82) is 0 Å². The summed E-state index contributed by atoms with van der Waals surface area (Å²) in [6.07, 6.45) is 0.344. The summed E-state index contributed by atoms with van der Waals surface area (Å²) in [6, 6.07) is 2.10. The highest BCUT2D eigenvalue weighted by atomic mass is 79.9. The molecule has 0 saturated carbocycles. The first kappa shape index (κ1) is 15.7. The quantitative estimate of drug-likeness (QED) is 0.870. The van der Waals surface area contributed by atoms with Crippen LogP contribution in [0.2, 0.25) is 0 Å². The van der Waals surface area contributed by atoms with E-state index >= 15 is 0 Å². The smallest absolute Gasteiger partial charge is 0.221 e. The molecule has 1 aromatic heterocycles. The van der Waals surface area contributed by atoms with Crippen molar-refractivity contribution in [3.05, 3.63) is 20.8 Å². The SMILES string of the molecule is CC(C)(N)CC(=O)NCC(C)(C)c1cc(Br)cs1. The topological polar surface area (TPSA) is 55.1 Å². The molecular formula is C13H21BrN2OS. The molecule has 18 heavy (non-hydrogen) atoms. The molecule has 0 aliphatic heterocycles. The Morgan fingerprint density at radius 3 is 2.50 bits per heavy atom. The number of nitrogens with one attached hydrogen (secondary N) is 1. The van der Waals surface area contributed by atoms with Crippen LogP contribution >= 0.6 is 27.3 Å². The summed E-state index contributed by atoms with van der Waals surface area (Å²) < 4.78 is 1.09. The Kier molecular flexibility index (Phi) is 4.98. The van der Waals surface area contributed by atoms with Gasteiger partial charge in [0, 0.05) is 38.6 Å². The third-order valence-corrected chi connectivity index (χ3v) is 4.64. The lowest BCUT2D eigenvalue weighted by molar-refractivity contribution is -0.122. The standard InChI is InChI=1S/C13H21BrN2OS/c1-12(2,10-5-9(14)7-18-10)8-16-11(17)6-13(3,4)15/h5,7H,6,8,15H2,1-4H3,(H,16,17). The lowest BCUT2D eigenvalue weighted by Gasteiger charge is -2.25. The average Bonchev–Trinajstić information content (AvgIpc) is 2.60. The summed E-state index contributed by atoms with van der Waals surface area (Å²) >= 11 is 5.15. The molecule has 102 valence electrons. The lowest BCUT2D eigenvalue weighted by Crippen LogP contribution is -2.42. The van der Waals surface area contributed by atoms with Gasteiger partial charge in [0.25, 0.3) is 0 Å². The Bertz CT molecular complexity index is 421. The predicted molar refractivity (Wildman–Crippen MR) is 80.9 cm³/mol. The molecule has 0 spiro atoms. The molecule has 3 N–H and O–H groups in total. The predicted octanol–water partition coefficient (Wildman–Crippen LogP) is 3.03. The van der Waals surface area contributed by atoms with Crippen LogP contribution in [-0.2, 0) is 10.2 Å². The number of hydrogen-bond donors (Lipinski definition) is 2. The molecule has 1 aromatic rings. The highest BCUT2D eigenvalue weighted by Crippen LogP contribution is 2.31. The third-order valence-electron chi connectivity index (χ3n) is 2.58. The summed E-state index contributed by atoms with van der Waals surface area (Å²) in [5, 5.41) is 5.02. The van der Waals surface area contributed by atoms with E-state index < -0.39 is 5.54 Å². The van der Waals surface area contributed by atoms with Gasteiger partial charge >= 0.3 is 0 Å². The Balaban J connectivity index is 2.55. The highest BCUT2D eigenvalue weighted by molar-refractivity contribution is 9.10. The van der Waals surface area contributed by atoms with Crippen LogP contribution in [0, 0.1) is 0 Å². The molecule has 0 aliphatic rings. The highest BCUT2D eigenvalue weighted by Gasteiger charge is 2.24. The molecule has 1 heterocycles. The van der Waals surface area contributed by atoms with E-state index in [2.05, 4.69) is 46.5 Å². The fourth-order valence-electron chi connectivity index (χ4n) is 1.55. The van der Waals surface area contributed by atoms with E-state index in [0.717, 1.165) is 4.47 Å². The first-order chi connectivity index (χ1) is 8.10. The van der Waals surface area contributed by atoms with Gasteiger partial charge in [0.05, 0.1) is 0 Å². The van der Waals surface area contributed by atoms with Gasteiger partial charge in [-0.1, -0.05) is 13.8 Å². The zero-order chi connectivity index (χ0) is 14.0. The second-order valence-electron chi connectivity index (χ2n) is 5.96. The monoisotopic (exact) mass is 332 g/mol. The molecule has 0 fully saturated rings. The van der Waals surface area contributed by atoms with Crippen LogP contribution < -0.4 is 11.1 Å². The van der Waals surface area contributed by atoms with Gasteiger partial charge in [-0.15, -0.1) is 11.3 Å². The van der Waals surface area contributed by atoms with Crippen molar-refractivity contribution in [3.8, 4) is 0 Å². The number of carbonyl (C=O) groups is 1. The van der Waals surface area contributed by atoms with Crippen molar-refractivity contribution >= 4 is 33.2 Å². The Morgan fingerprint density at radius 2 is 2.06 bits per heavy atom. The first-order valence-electron chi connectivity index (χ1n) is 5.90. The summed E-state index contributed by atoms with van der Waals surface area (Å²) in [6.45, 7) is 8.58. The van der Waals surface area contributed by atoms with E-state index in [1.54, 1.807) is 11.3 Å². The number of rotatable bonds is 5. The maximum Gasteiger partial charge on any atom is 0.221 e. The normalized spacial score (nSPS) is 12.6. The minimum Gasteiger partial charge on any atom is -0.355 e. The van der Waals surface area contributed by atoms with Crippen LogP contribution in [0.5, 0.6) is 0 Å². The number of thiophene rings is 1. The zero-order valence-corrected chi connectivity index (χ0v) is 13.7. The molecular weight excluding hydrogens is 312 g/mol. The molecule has 0 unspecified atom stereocenters. The molecule has 0 bridgehead atoms. The zero-order valence-electron chi connectivity index (χ0n) is 11.3. The van der Waals surface area contributed by atoms with Crippen molar-refractivity contribution < 1.29 is 4.79 Å². The number of halogens is 1. The molecule has 0 aliphatic carbocycles. The first-order valence-corrected chi connectivity index (χ1v) is 7.57. The van der Waals surface area contributed by atoms with Gasteiger partial charge in [0.1, 0.15) is 0 Å². The van der Waals surface area contributed by atoms with E-state index in [9.17, 15) is 4.79 Å². The number of amides is 1.